The second kappa shape index (κ2) is 3.92. The number of rotatable bonds is 3. The summed E-state index contributed by atoms with van der Waals surface area (Å²) in [4.78, 5) is 0. The Morgan fingerprint density at radius 2 is 2.20 bits per heavy atom. The number of anilines is 1. The van der Waals surface area contributed by atoms with Crippen LogP contribution >= 0.6 is 23.3 Å². The minimum Gasteiger partial charge on any atom is -0.280 e. The maximum absolute atomic E-state index is 11.2. The van der Waals surface area contributed by atoms with Crippen LogP contribution in [0.5, 0.6) is 0 Å². The fourth-order valence-corrected chi connectivity index (χ4v) is 2.35. The molecule has 0 aliphatic carbocycles. The lowest BCUT2D eigenvalue weighted by atomic mass is 10.3. The lowest BCUT2D eigenvalue weighted by Crippen LogP contribution is -2.13. The van der Waals surface area contributed by atoms with Crippen LogP contribution in [0.3, 0.4) is 0 Å². The molecule has 0 unspecified atom stereocenters. The zero-order chi connectivity index (χ0) is 10.9. The van der Waals surface area contributed by atoms with Crippen LogP contribution in [0, 0.1) is 0 Å². The normalized spacial score (nSPS) is 11.8. The Bertz CT molecular complexity index is 581. The quantitative estimate of drug-likeness (QED) is 0.855. The van der Waals surface area contributed by atoms with Gasteiger partial charge in [0.2, 0.25) is 10.0 Å². The fourth-order valence-electron chi connectivity index (χ4n) is 1.08. The molecule has 0 fully saturated rings. The summed E-state index contributed by atoms with van der Waals surface area (Å²) in [5.74, 6) is 0. The molecule has 1 N–H and O–H groups in total. The van der Waals surface area contributed by atoms with Gasteiger partial charge in [0.25, 0.3) is 0 Å². The number of sulfonamides is 1. The number of hydrogen-bond donors (Lipinski definition) is 1. The first-order valence-corrected chi connectivity index (χ1v) is 6.82. The van der Waals surface area contributed by atoms with Crippen molar-refractivity contribution in [3.8, 4) is 0 Å². The maximum Gasteiger partial charge on any atom is 0.246 e. The summed E-state index contributed by atoms with van der Waals surface area (Å²) in [6, 6.07) is 5.08. The number of alkyl halides is 1. The first kappa shape index (κ1) is 10.6. The highest BCUT2D eigenvalue weighted by Gasteiger charge is 2.11. The maximum atomic E-state index is 11.2. The molecule has 5 nitrogen and oxygen atoms in total. The Morgan fingerprint density at radius 3 is 2.93 bits per heavy atom. The summed E-state index contributed by atoms with van der Waals surface area (Å²) in [6.45, 7) is 0. The fraction of sp³-hybridized carbons (Fsp3) is 0.143. The standard InChI is InChI=1S/C7H6ClN3O2S2/c8-4-15(12,13)11-6-3-1-2-5-7(6)10-14-9-5/h1-3,11H,4H2. The van der Waals surface area contributed by atoms with Crippen LogP contribution in [0.25, 0.3) is 11.0 Å². The van der Waals surface area contributed by atoms with Crippen molar-refractivity contribution in [1.29, 1.82) is 0 Å². The zero-order valence-corrected chi connectivity index (χ0v) is 9.73. The van der Waals surface area contributed by atoms with Gasteiger partial charge in [0, 0.05) is 0 Å². The molecule has 1 heterocycles. The van der Waals surface area contributed by atoms with Gasteiger partial charge in [-0.25, -0.2) is 8.42 Å². The summed E-state index contributed by atoms with van der Waals surface area (Å²) < 4.78 is 32.8. The third-order valence-corrected chi connectivity index (χ3v) is 3.92. The molecule has 2 rings (SSSR count). The highest BCUT2D eigenvalue weighted by molar-refractivity contribution is 7.93. The highest BCUT2D eigenvalue weighted by Crippen LogP contribution is 2.22. The molecular weight excluding hydrogens is 258 g/mol. The number of hydrogen-bond acceptors (Lipinski definition) is 5. The third-order valence-electron chi connectivity index (χ3n) is 1.70. The minimum absolute atomic E-state index is 0.405. The highest BCUT2D eigenvalue weighted by atomic mass is 35.5. The van der Waals surface area contributed by atoms with E-state index in [0.29, 0.717) is 16.7 Å². The second-order valence-electron chi connectivity index (χ2n) is 2.76. The molecule has 0 amide bonds. The van der Waals surface area contributed by atoms with Crippen LogP contribution in [-0.2, 0) is 10.0 Å². The molecule has 0 spiro atoms. The molecule has 80 valence electrons. The Morgan fingerprint density at radius 1 is 1.40 bits per heavy atom. The average molecular weight is 264 g/mol. The minimum atomic E-state index is -3.49. The van der Waals surface area contributed by atoms with E-state index in [2.05, 4.69) is 13.5 Å². The van der Waals surface area contributed by atoms with Gasteiger partial charge in [-0.1, -0.05) is 6.07 Å². The average Bonchev–Trinajstić information content (AvgIpc) is 2.66. The molecule has 15 heavy (non-hydrogen) atoms. The Kier molecular flexibility index (Phi) is 2.76. The van der Waals surface area contributed by atoms with E-state index in [1.54, 1.807) is 18.2 Å². The zero-order valence-electron chi connectivity index (χ0n) is 7.34. The van der Waals surface area contributed by atoms with Crippen LogP contribution in [0.15, 0.2) is 18.2 Å². The monoisotopic (exact) mass is 263 g/mol. The third kappa shape index (κ3) is 2.19. The lowest BCUT2D eigenvalue weighted by molar-refractivity contribution is 0.605. The van der Waals surface area contributed by atoms with E-state index in [1.807, 2.05) is 0 Å². The van der Waals surface area contributed by atoms with Gasteiger partial charge in [-0.05, 0) is 12.1 Å². The lowest BCUT2D eigenvalue weighted by Gasteiger charge is -2.04. The largest absolute Gasteiger partial charge is 0.280 e. The molecule has 2 aromatic rings. The van der Waals surface area contributed by atoms with Gasteiger partial charge in [0.15, 0.2) is 0 Å². The van der Waals surface area contributed by atoms with E-state index in [4.69, 9.17) is 11.6 Å². The first-order chi connectivity index (χ1) is 7.12. The summed E-state index contributed by atoms with van der Waals surface area (Å²) in [7, 11) is -3.49. The van der Waals surface area contributed by atoms with E-state index in [9.17, 15) is 8.42 Å². The van der Waals surface area contributed by atoms with Crippen molar-refractivity contribution in [2.24, 2.45) is 0 Å². The van der Waals surface area contributed by atoms with E-state index < -0.39 is 15.2 Å². The predicted molar refractivity (Wildman–Crippen MR) is 60.7 cm³/mol. The second-order valence-corrected chi connectivity index (χ2v) is 5.60. The molecule has 8 heteroatoms. The Hall–Kier alpha value is -0.920. The van der Waals surface area contributed by atoms with Crippen LogP contribution in [0.1, 0.15) is 0 Å². The Labute approximate surface area is 95.5 Å². The molecule has 1 aromatic carbocycles. The van der Waals surface area contributed by atoms with Gasteiger partial charge in [-0.2, -0.15) is 8.75 Å². The van der Waals surface area contributed by atoms with Crippen molar-refractivity contribution >= 4 is 50.1 Å². The van der Waals surface area contributed by atoms with Gasteiger partial charge >= 0.3 is 0 Å². The Balaban J connectivity index is 2.48. The summed E-state index contributed by atoms with van der Waals surface area (Å²) in [5, 5.41) is -0.485. The summed E-state index contributed by atoms with van der Waals surface area (Å²) >= 11 is 6.32. The molecular formula is C7H6ClN3O2S2. The number of aromatic nitrogens is 2. The molecule has 0 aliphatic heterocycles. The molecule has 0 aliphatic rings. The molecule has 0 saturated carbocycles. The van der Waals surface area contributed by atoms with Crippen LogP contribution < -0.4 is 4.72 Å². The van der Waals surface area contributed by atoms with Crippen molar-refractivity contribution < 1.29 is 8.42 Å². The van der Waals surface area contributed by atoms with Crippen molar-refractivity contribution in [3.63, 3.8) is 0 Å². The molecule has 0 bridgehead atoms. The van der Waals surface area contributed by atoms with E-state index in [0.717, 1.165) is 11.7 Å². The number of nitrogens with one attached hydrogen (secondary N) is 1. The van der Waals surface area contributed by atoms with Crippen molar-refractivity contribution in [2.45, 2.75) is 0 Å². The van der Waals surface area contributed by atoms with Crippen LogP contribution in [-0.4, -0.2) is 22.4 Å². The van der Waals surface area contributed by atoms with E-state index >= 15 is 0 Å². The number of nitrogens with zero attached hydrogens (tertiary/aromatic N) is 2. The van der Waals surface area contributed by atoms with E-state index in [1.165, 1.54) is 0 Å². The number of fused-ring (bicyclic) bond motifs is 1. The van der Waals surface area contributed by atoms with Crippen LogP contribution in [0.4, 0.5) is 5.69 Å². The number of halogens is 1. The molecule has 0 saturated heterocycles. The van der Waals surface area contributed by atoms with Gasteiger partial charge in [0.1, 0.15) is 16.2 Å². The SMILES string of the molecule is O=S(=O)(CCl)Nc1cccc2nsnc12. The smallest absolute Gasteiger partial charge is 0.246 e. The van der Waals surface area contributed by atoms with Crippen molar-refractivity contribution in [1.82, 2.24) is 8.75 Å². The topological polar surface area (TPSA) is 72.0 Å². The molecule has 1 aromatic heterocycles. The van der Waals surface area contributed by atoms with E-state index in [-0.39, 0.29) is 0 Å². The van der Waals surface area contributed by atoms with Crippen LogP contribution in [0.2, 0.25) is 0 Å². The van der Waals surface area contributed by atoms with Gasteiger partial charge in [0.05, 0.1) is 17.4 Å². The van der Waals surface area contributed by atoms with Gasteiger partial charge < -0.3 is 0 Å². The summed E-state index contributed by atoms with van der Waals surface area (Å²) in [5.41, 5.74) is 1.60. The molecule has 0 radical (unpaired) electrons. The first-order valence-electron chi connectivity index (χ1n) is 3.90. The van der Waals surface area contributed by atoms with Crippen molar-refractivity contribution in [2.75, 3.05) is 9.93 Å². The van der Waals surface area contributed by atoms with Crippen molar-refractivity contribution in [3.05, 3.63) is 18.2 Å². The number of benzene rings is 1. The van der Waals surface area contributed by atoms with Gasteiger partial charge in [-0.15, -0.1) is 11.6 Å². The predicted octanol–water partition coefficient (Wildman–Crippen LogP) is 1.63. The van der Waals surface area contributed by atoms with Gasteiger partial charge in [-0.3, -0.25) is 4.72 Å². The summed E-state index contributed by atoms with van der Waals surface area (Å²) in [6.07, 6.45) is 0. The molecule has 0 atom stereocenters.